The van der Waals surface area contributed by atoms with Crippen LogP contribution >= 0.6 is 11.8 Å². The van der Waals surface area contributed by atoms with Gasteiger partial charge in [0.25, 0.3) is 0 Å². The van der Waals surface area contributed by atoms with Gasteiger partial charge < -0.3 is 33.7 Å². The Balaban J connectivity index is 2.83. The first-order valence-electron chi connectivity index (χ1n) is 12.6. The average Bonchev–Trinajstić information content (AvgIpc) is 2.88. The van der Waals surface area contributed by atoms with E-state index in [0.29, 0.717) is 4.90 Å². The normalized spacial score (nSPS) is 25.7. The molecule has 0 aromatic heterocycles. The number of ether oxygens (including phenoxy) is 6. The quantitative estimate of drug-likeness (QED) is 0.292. The SMILES string of the molecule is [2H][C@H]1[C@H](OC(C)=O)[C@@H](NC(C)=O)[C@H]([C@H](OC(C)=O)[C@@H](COC(C)=O)OC(C)=O)O[C@@]1(Sc1ccccc1)C(=O)OC. The minimum absolute atomic E-state index is 0.453. The lowest BCUT2D eigenvalue weighted by molar-refractivity contribution is -0.224. The largest absolute Gasteiger partial charge is 0.466 e. The third-order valence-electron chi connectivity index (χ3n) is 5.32. The second kappa shape index (κ2) is 14.7. The van der Waals surface area contributed by atoms with Gasteiger partial charge in [-0.25, -0.2) is 4.79 Å². The fourth-order valence-electron chi connectivity index (χ4n) is 3.97. The van der Waals surface area contributed by atoms with Gasteiger partial charge in [0, 0.05) is 47.3 Å². The number of thioether (sulfide) groups is 1. The van der Waals surface area contributed by atoms with Crippen molar-refractivity contribution < 1.29 is 58.6 Å². The first-order valence-corrected chi connectivity index (χ1v) is 12.9. The number of carbonyl (C=O) groups is 6. The van der Waals surface area contributed by atoms with Crippen molar-refractivity contribution >= 4 is 47.5 Å². The molecule has 1 saturated heterocycles. The molecule has 7 atom stereocenters. The van der Waals surface area contributed by atoms with Crippen LogP contribution in [-0.4, -0.2) is 84.9 Å². The molecule has 0 unspecified atom stereocenters. The number of benzene rings is 1. The molecule has 13 nitrogen and oxygen atoms in total. The van der Waals surface area contributed by atoms with Crippen LogP contribution in [0.25, 0.3) is 0 Å². The molecule has 0 bridgehead atoms. The molecule has 0 aliphatic carbocycles. The van der Waals surface area contributed by atoms with E-state index in [1.54, 1.807) is 30.3 Å². The number of hydrogen-bond acceptors (Lipinski definition) is 13. The number of esters is 5. The van der Waals surface area contributed by atoms with Gasteiger partial charge in [0.1, 0.15) is 18.8 Å². The van der Waals surface area contributed by atoms with E-state index in [2.05, 4.69) is 5.32 Å². The highest BCUT2D eigenvalue weighted by Gasteiger charge is 2.58. The summed E-state index contributed by atoms with van der Waals surface area (Å²) < 4.78 is 41.7. The van der Waals surface area contributed by atoms with Crippen molar-refractivity contribution in [2.24, 2.45) is 0 Å². The van der Waals surface area contributed by atoms with Gasteiger partial charge in [-0.05, 0) is 12.1 Å². The Morgan fingerprint density at radius 3 is 2.12 bits per heavy atom. The maximum Gasteiger partial charge on any atom is 0.349 e. The Labute approximate surface area is 236 Å². The van der Waals surface area contributed by atoms with Crippen LogP contribution in [0, 0.1) is 0 Å². The van der Waals surface area contributed by atoms with Gasteiger partial charge in [-0.1, -0.05) is 30.0 Å². The highest BCUT2D eigenvalue weighted by Crippen LogP contribution is 2.45. The minimum atomic E-state index is -2.27. The van der Waals surface area contributed by atoms with Crippen molar-refractivity contribution in [2.45, 2.75) is 81.3 Å². The van der Waals surface area contributed by atoms with Crippen LogP contribution in [-0.2, 0) is 57.2 Å². The first-order chi connectivity index (χ1) is 19.2. The summed E-state index contributed by atoms with van der Waals surface area (Å²) in [6.45, 7) is 4.80. The second-order valence-electron chi connectivity index (χ2n) is 8.65. The molecule has 1 fully saturated rings. The van der Waals surface area contributed by atoms with E-state index in [1.807, 2.05) is 0 Å². The number of amides is 1. The standard InChI is InChI=1S/C26H33NO12S/c1-14(28)27-22-20(36-16(3)30)12-26(25(33)34-6,40-19-10-8-7-9-11-19)39-24(22)23(38-18(5)32)21(37-17(4)31)13-35-15(2)29/h7-11,20-24H,12-13H2,1-6H3,(H,27,28)/t20-,21+,22+,23+,24+,26-/m0/s1/i12D/t12-,20-,21+,22+,23+,24+,26-. The predicted octanol–water partition coefficient (Wildman–Crippen LogP) is 1.30. The first kappa shape index (κ1) is 30.9. The van der Waals surface area contributed by atoms with Crippen molar-refractivity contribution in [3.05, 3.63) is 30.3 Å². The molecule has 40 heavy (non-hydrogen) atoms. The van der Waals surface area contributed by atoms with E-state index in [4.69, 9.17) is 29.8 Å². The summed E-state index contributed by atoms with van der Waals surface area (Å²) in [5, 5.41) is 2.54. The molecule has 1 aliphatic rings. The van der Waals surface area contributed by atoms with Crippen molar-refractivity contribution in [3.8, 4) is 0 Å². The summed E-state index contributed by atoms with van der Waals surface area (Å²) in [4.78, 5) is 72.1. The average molecular weight is 585 g/mol. The molecule has 0 spiro atoms. The molecule has 1 aromatic carbocycles. The van der Waals surface area contributed by atoms with Crippen molar-refractivity contribution in [2.75, 3.05) is 13.7 Å². The monoisotopic (exact) mass is 584 g/mol. The van der Waals surface area contributed by atoms with Gasteiger partial charge in [-0.3, -0.25) is 24.0 Å². The maximum absolute atomic E-state index is 13.4. The summed E-state index contributed by atoms with van der Waals surface area (Å²) in [6, 6.07) is 6.91. The molecule has 2 rings (SSSR count). The summed E-state index contributed by atoms with van der Waals surface area (Å²) >= 11 is 0.767. The summed E-state index contributed by atoms with van der Waals surface area (Å²) in [7, 11) is 1.06. The number of hydrogen-bond donors (Lipinski definition) is 1. The zero-order chi connectivity index (χ0) is 30.9. The highest BCUT2D eigenvalue weighted by molar-refractivity contribution is 8.01. The topological polar surface area (TPSA) is 170 Å². The Morgan fingerprint density at radius 2 is 1.62 bits per heavy atom. The fourth-order valence-corrected chi connectivity index (χ4v) is 5.14. The lowest BCUT2D eigenvalue weighted by Crippen LogP contribution is -2.68. The molecular weight excluding hydrogens is 550 g/mol. The molecule has 1 aliphatic heterocycles. The fraction of sp³-hybridized carbons (Fsp3) is 0.538. The summed E-state index contributed by atoms with van der Waals surface area (Å²) in [5.41, 5.74) is 0. The molecular formula is C26H33NO12S. The van der Waals surface area contributed by atoms with Crippen molar-refractivity contribution in [1.29, 1.82) is 0 Å². The van der Waals surface area contributed by atoms with Gasteiger partial charge in [0.2, 0.25) is 10.8 Å². The highest BCUT2D eigenvalue weighted by atomic mass is 32.2. The van der Waals surface area contributed by atoms with E-state index < -0.39 is 84.1 Å². The Hall–Kier alpha value is -3.65. The number of methoxy groups -OCH3 is 1. The molecule has 1 N–H and O–H groups in total. The molecule has 0 saturated carbocycles. The van der Waals surface area contributed by atoms with Gasteiger partial charge in [0.05, 0.1) is 13.2 Å². The molecule has 14 heteroatoms. The summed E-state index contributed by atoms with van der Waals surface area (Å²) in [6.07, 6.45) is -8.08. The third kappa shape index (κ3) is 9.23. The molecule has 1 aromatic rings. The van der Waals surface area contributed by atoms with Crippen LogP contribution < -0.4 is 5.32 Å². The molecule has 0 radical (unpaired) electrons. The summed E-state index contributed by atoms with van der Waals surface area (Å²) in [5.74, 6) is -5.05. The van der Waals surface area contributed by atoms with Crippen molar-refractivity contribution in [1.82, 2.24) is 5.32 Å². The van der Waals surface area contributed by atoms with Crippen LogP contribution in [0.3, 0.4) is 0 Å². The van der Waals surface area contributed by atoms with Gasteiger partial charge in [-0.2, -0.15) is 0 Å². The zero-order valence-electron chi connectivity index (χ0n) is 23.9. The molecule has 220 valence electrons. The van der Waals surface area contributed by atoms with Crippen LogP contribution in [0.2, 0.25) is 0 Å². The predicted molar refractivity (Wildman–Crippen MR) is 137 cm³/mol. The lowest BCUT2D eigenvalue weighted by atomic mass is 9.89. The maximum atomic E-state index is 13.4. The van der Waals surface area contributed by atoms with Crippen molar-refractivity contribution in [3.63, 3.8) is 0 Å². The minimum Gasteiger partial charge on any atom is -0.466 e. The number of rotatable bonds is 11. The van der Waals surface area contributed by atoms with Crippen LogP contribution in [0.4, 0.5) is 0 Å². The number of nitrogens with one attached hydrogen (secondary N) is 1. The van der Waals surface area contributed by atoms with Crippen LogP contribution in [0.1, 0.15) is 42.4 Å². The van der Waals surface area contributed by atoms with Crippen LogP contribution in [0.15, 0.2) is 35.2 Å². The molecule has 1 heterocycles. The Kier molecular flexibility index (Phi) is 11.3. The third-order valence-corrected chi connectivity index (χ3v) is 6.53. The van der Waals surface area contributed by atoms with E-state index in [1.165, 1.54) is 0 Å². The van der Waals surface area contributed by atoms with E-state index in [-0.39, 0.29) is 0 Å². The number of carbonyl (C=O) groups excluding carboxylic acids is 6. The van der Waals surface area contributed by atoms with E-state index in [0.717, 1.165) is 53.5 Å². The van der Waals surface area contributed by atoms with E-state index >= 15 is 0 Å². The zero-order valence-corrected chi connectivity index (χ0v) is 23.7. The smallest absolute Gasteiger partial charge is 0.349 e. The second-order valence-corrected chi connectivity index (χ2v) is 9.93. The van der Waals surface area contributed by atoms with E-state index in [9.17, 15) is 28.8 Å². The van der Waals surface area contributed by atoms with Gasteiger partial charge >= 0.3 is 29.8 Å². The Bertz CT molecular complexity index is 1130. The Morgan fingerprint density at radius 1 is 1.00 bits per heavy atom. The van der Waals surface area contributed by atoms with Gasteiger partial charge in [-0.15, -0.1) is 0 Å². The van der Waals surface area contributed by atoms with Gasteiger partial charge in [0.15, 0.2) is 12.2 Å². The molecule has 1 amide bonds. The lowest BCUT2D eigenvalue weighted by Gasteiger charge is -2.48. The van der Waals surface area contributed by atoms with Crippen LogP contribution in [0.5, 0.6) is 0 Å².